The molecule has 3 rings (SSSR count). The minimum absolute atomic E-state index is 0.119. The highest BCUT2D eigenvalue weighted by Crippen LogP contribution is 2.33. The van der Waals surface area contributed by atoms with Gasteiger partial charge < -0.3 is 9.64 Å². The van der Waals surface area contributed by atoms with Crippen LogP contribution in [0.2, 0.25) is 0 Å². The number of carbonyl (C=O) groups excluding carboxylic acids is 1. The van der Waals surface area contributed by atoms with Crippen LogP contribution in [0.5, 0.6) is 5.75 Å². The second kappa shape index (κ2) is 6.22. The van der Waals surface area contributed by atoms with Crippen molar-refractivity contribution >= 4 is 5.91 Å². The molecule has 2 aromatic rings. The number of methoxy groups -OCH3 is 1. The molecule has 1 atom stereocenters. The summed E-state index contributed by atoms with van der Waals surface area (Å²) in [5.41, 5.74) is 2.21. The molecule has 0 radical (unpaired) electrons. The summed E-state index contributed by atoms with van der Waals surface area (Å²) in [6, 6.07) is 8.13. The van der Waals surface area contributed by atoms with Gasteiger partial charge in [0.2, 0.25) is 5.91 Å². The Morgan fingerprint density at radius 1 is 1.45 bits per heavy atom. The fourth-order valence-electron chi connectivity index (χ4n) is 3.04. The van der Waals surface area contributed by atoms with Gasteiger partial charge in [0, 0.05) is 12.7 Å². The van der Waals surface area contributed by atoms with E-state index in [0.717, 1.165) is 36.3 Å². The number of amides is 1. The fraction of sp³-hybridized carbons (Fsp3) is 0.412. The summed E-state index contributed by atoms with van der Waals surface area (Å²) in [5.74, 6) is 0.952. The average molecular weight is 299 g/mol. The number of aryl methyl sites for hydroxylation is 1. The highest BCUT2D eigenvalue weighted by atomic mass is 16.5. The van der Waals surface area contributed by atoms with E-state index >= 15 is 0 Å². The number of aromatic nitrogens is 2. The van der Waals surface area contributed by atoms with Gasteiger partial charge in [0.1, 0.15) is 12.3 Å². The molecule has 1 aliphatic rings. The molecule has 0 bridgehead atoms. The molecule has 0 N–H and O–H groups in total. The third-order valence-electron chi connectivity index (χ3n) is 4.11. The summed E-state index contributed by atoms with van der Waals surface area (Å²) >= 11 is 0. The lowest BCUT2D eigenvalue weighted by atomic mass is 10.0. The monoisotopic (exact) mass is 299 g/mol. The normalized spacial score (nSPS) is 17.7. The molecular formula is C17H21N3O2. The van der Waals surface area contributed by atoms with Crippen molar-refractivity contribution in [2.24, 2.45) is 0 Å². The van der Waals surface area contributed by atoms with Crippen LogP contribution in [0.3, 0.4) is 0 Å². The highest BCUT2D eigenvalue weighted by molar-refractivity contribution is 5.76. The van der Waals surface area contributed by atoms with Crippen LogP contribution in [0.4, 0.5) is 0 Å². The van der Waals surface area contributed by atoms with E-state index in [0.29, 0.717) is 6.54 Å². The molecule has 22 heavy (non-hydrogen) atoms. The molecule has 2 heterocycles. The summed E-state index contributed by atoms with van der Waals surface area (Å²) in [4.78, 5) is 14.6. The lowest BCUT2D eigenvalue weighted by molar-refractivity contribution is -0.133. The van der Waals surface area contributed by atoms with E-state index in [-0.39, 0.29) is 11.9 Å². The molecule has 0 unspecified atom stereocenters. The highest BCUT2D eigenvalue weighted by Gasteiger charge is 2.30. The molecule has 0 aliphatic carbocycles. The van der Waals surface area contributed by atoms with E-state index in [2.05, 4.69) is 11.2 Å². The quantitative estimate of drug-likeness (QED) is 0.871. The molecule has 1 aromatic heterocycles. The molecular weight excluding hydrogens is 278 g/mol. The van der Waals surface area contributed by atoms with Gasteiger partial charge in [-0.1, -0.05) is 12.1 Å². The van der Waals surface area contributed by atoms with Gasteiger partial charge in [-0.25, -0.2) is 0 Å². The van der Waals surface area contributed by atoms with Crippen LogP contribution in [0, 0.1) is 6.92 Å². The predicted octanol–water partition coefficient (Wildman–Crippen LogP) is 2.56. The van der Waals surface area contributed by atoms with Crippen molar-refractivity contribution in [2.45, 2.75) is 32.4 Å². The Kier molecular flexibility index (Phi) is 4.13. The lowest BCUT2D eigenvalue weighted by Gasteiger charge is -2.25. The van der Waals surface area contributed by atoms with Crippen LogP contribution in [0.15, 0.2) is 36.7 Å². The Labute approximate surface area is 130 Å². The zero-order valence-electron chi connectivity index (χ0n) is 13.0. The van der Waals surface area contributed by atoms with E-state index in [9.17, 15) is 4.79 Å². The third kappa shape index (κ3) is 2.98. The maximum Gasteiger partial charge on any atom is 0.244 e. The number of likely N-dealkylation sites (tertiary alicyclic amines) is 1. The maximum atomic E-state index is 12.6. The van der Waals surface area contributed by atoms with Crippen LogP contribution in [-0.2, 0) is 11.3 Å². The molecule has 116 valence electrons. The Hall–Kier alpha value is -2.30. The van der Waals surface area contributed by atoms with Gasteiger partial charge in [-0.15, -0.1) is 0 Å². The summed E-state index contributed by atoms with van der Waals surface area (Å²) in [6.45, 7) is 3.08. The van der Waals surface area contributed by atoms with Gasteiger partial charge in [-0.3, -0.25) is 9.48 Å². The van der Waals surface area contributed by atoms with Crippen molar-refractivity contribution in [3.05, 3.63) is 47.8 Å². The number of nitrogens with zero attached hydrogens (tertiary/aromatic N) is 3. The largest absolute Gasteiger partial charge is 0.497 e. The summed E-state index contributed by atoms with van der Waals surface area (Å²) in [7, 11) is 1.66. The summed E-state index contributed by atoms with van der Waals surface area (Å²) < 4.78 is 7.00. The summed E-state index contributed by atoms with van der Waals surface area (Å²) in [6.07, 6.45) is 5.70. The van der Waals surface area contributed by atoms with Crippen molar-refractivity contribution in [3.8, 4) is 5.75 Å². The molecule has 1 amide bonds. The molecule has 1 fully saturated rings. The van der Waals surface area contributed by atoms with Crippen molar-refractivity contribution in [2.75, 3.05) is 13.7 Å². The first-order chi connectivity index (χ1) is 10.7. The Balaban J connectivity index is 1.75. The molecule has 0 saturated carbocycles. The zero-order chi connectivity index (χ0) is 15.5. The second-order valence-electron chi connectivity index (χ2n) is 5.74. The average Bonchev–Trinajstić information content (AvgIpc) is 3.16. The smallest absolute Gasteiger partial charge is 0.244 e. The first kappa shape index (κ1) is 14.6. The van der Waals surface area contributed by atoms with Crippen molar-refractivity contribution in [3.63, 3.8) is 0 Å². The number of ether oxygens (including phenoxy) is 1. The Morgan fingerprint density at radius 3 is 3.05 bits per heavy atom. The van der Waals surface area contributed by atoms with E-state index in [1.165, 1.54) is 0 Å². The van der Waals surface area contributed by atoms with Gasteiger partial charge in [0.05, 0.1) is 19.3 Å². The molecule has 1 saturated heterocycles. The van der Waals surface area contributed by atoms with Crippen molar-refractivity contribution in [1.29, 1.82) is 0 Å². The van der Waals surface area contributed by atoms with Gasteiger partial charge in [-0.05, 0) is 43.0 Å². The standard InChI is InChI=1S/C17H21N3O2/c1-13-10-18-19(11-13)12-17(21)20-8-4-7-16(20)14-5-3-6-15(9-14)22-2/h3,5-6,9-11,16H,4,7-8,12H2,1-2H3/t16-/m1/s1. The Bertz CT molecular complexity index is 665. The van der Waals surface area contributed by atoms with Gasteiger partial charge in [-0.2, -0.15) is 5.10 Å². The fourth-order valence-corrected chi connectivity index (χ4v) is 3.04. The van der Waals surface area contributed by atoms with Crippen LogP contribution >= 0.6 is 0 Å². The zero-order valence-corrected chi connectivity index (χ0v) is 13.0. The molecule has 5 heteroatoms. The van der Waals surface area contributed by atoms with Crippen molar-refractivity contribution in [1.82, 2.24) is 14.7 Å². The SMILES string of the molecule is COc1cccc([C@H]2CCCN2C(=O)Cn2cc(C)cn2)c1. The molecule has 1 aromatic carbocycles. The second-order valence-corrected chi connectivity index (χ2v) is 5.74. The van der Waals surface area contributed by atoms with Crippen LogP contribution in [-0.4, -0.2) is 34.2 Å². The van der Waals surface area contributed by atoms with E-state index in [4.69, 9.17) is 4.74 Å². The molecule has 1 aliphatic heterocycles. The number of benzene rings is 1. The first-order valence-corrected chi connectivity index (χ1v) is 7.60. The number of hydrogen-bond acceptors (Lipinski definition) is 3. The number of hydrogen-bond donors (Lipinski definition) is 0. The summed E-state index contributed by atoms with van der Waals surface area (Å²) in [5, 5.41) is 4.20. The number of rotatable bonds is 4. The van der Waals surface area contributed by atoms with Crippen LogP contribution in [0.25, 0.3) is 0 Å². The third-order valence-corrected chi connectivity index (χ3v) is 4.11. The van der Waals surface area contributed by atoms with Crippen LogP contribution in [0.1, 0.15) is 30.0 Å². The topological polar surface area (TPSA) is 47.4 Å². The predicted molar refractivity (Wildman–Crippen MR) is 83.6 cm³/mol. The van der Waals surface area contributed by atoms with Crippen molar-refractivity contribution < 1.29 is 9.53 Å². The van der Waals surface area contributed by atoms with Crippen LogP contribution < -0.4 is 4.74 Å². The molecule has 5 nitrogen and oxygen atoms in total. The first-order valence-electron chi connectivity index (χ1n) is 7.60. The maximum absolute atomic E-state index is 12.6. The Morgan fingerprint density at radius 2 is 2.32 bits per heavy atom. The van der Waals surface area contributed by atoms with Gasteiger partial charge >= 0.3 is 0 Å². The van der Waals surface area contributed by atoms with Gasteiger partial charge in [0.25, 0.3) is 0 Å². The van der Waals surface area contributed by atoms with E-state index in [1.807, 2.05) is 36.2 Å². The molecule has 0 spiro atoms. The number of carbonyl (C=O) groups is 1. The lowest BCUT2D eigenvalue weighted by Crippen LogP contribution is -2.33. The van der Waals surface area contributed by atoms with E-state index in [1.54, 1.807) is 18.0 Å². The minimum Gasteiger partial charge on any atom is -0.497 e. The minimum atomic E-state index is 0.119. The van der Waals surface area contributed by atoms with Gasteiger partial charge in [0.15, 0.2) is 0 Å². The van der Waals surface area contributed by atoms with E-state index < -0.39 is 0 Å².